The highest BCUT2D eigenvalue weighted by molar-refractivity contribution is 5.74. The molecule has 0 amide bonds. The number of aryl methyl sites for hydroxylation is 4. The third-order valence-corrected chi connectivity index (χ3v) is 4.68. The summed E-state index contributed by atoms with van der Waals surface area (Å²) in [5.74, 6) is -0.140. The SMILES string of the molecule is [2H]C([2H])([2H])c1ccccc1-c1ccc(C)c(-c2cc(C)c(C([2H])([2H])C(C)C)c[n+]2C)c1. The van der Waals surface area contributed by atoms with Gasteiger partial charge in [0.05, 0.1) is 0 Å². The second kappa shape index (κ2) is 7.45. The molecule has 1 heterocycles. The molecule has 0 aliphatic heterocycles. The third-order valence-electron chi connectivity index (χ3n) is 4.68. The van der Waals surface area contributed by atoms with Crippen LogP contribution in [0.4, 0.5) is 0 Å². The summed E-state index contributed by atoms with van der Waals surface area (Å²) in [6.07, 6.45) is 0.461. The lowest BCUT2D eigenvalue weighted by molar-refractivity contribution is -0.660. The van der Waals surface area contributed by atoms with Crippen molar-refractivity contribution >= 4 is 0 Å². The van der Waals surface area contributed by atoms with Crippen LogP contribution in [0.15, 0.2) is 54.7 Å². The molecule has 0 fully saturated rings. The second-order valence-electron chi connectivity index (χ2n) is 7.24. The zero-order valence-corrected chi connectivity index (χ0v) is 16.2. The van der Waals surface area contributed by atoms with Crippen LogP contribution >= 0.6 is 0 Å². The Labute approximate surface area is 165 Å². The quantitative estimate of drug-likeness (QED) is 0.511. The maximum absolute atomic E-state index is 8.51. The van der Waals surface area contributed by atoms with Gasteiger partial charge in [0, 0.05) is 24.0 Å². The minimum absolute atomic E-state index is 0.140. The molecular weight excluding hydrogens is 314 g/mol. The van der Waals surface area contributed by atoms with Gasteiger partial charge in [-0.3, -0.25) is 0 Å². The number of aromatic nitrogens is 1. The summed E-state index contributed by atoms with van der Waals surface area (Å²) in [5, 5.41) is 0. The van der Waals surface area contributed by atoms with Crippen molar-refractivity contribution in [3.05, 3.63) is 77.0 Å². The lowest BCUT2D eigenvalue weighted by Crippen LogP contribution is -2.32. The predicted octanol–water partition coefficient (Wildman–Crippen LogP) is 5.97. The fraction of sp³-hybridized carbons (Fsp3) is 0.320. The summed E-state index contributed by atoms with van der Waals surface area (Å²) in [6.45, 7) is 5.58. The minimum atomic E-state index is -2.19. The first-order valence-corrected chi connectivity index (χ1v) is 9.05. The lowest BCUT2D eigenvalue weighted by Gasteiger charge is -2.13. The molecule has 1 heteroatoms. The Morgan fingerprint density at radius 2 is 1.73 bits per heavy atom. The Hall–Kier alpha value is -2.41. The van der Waals surface area contributed by atoms with Crippen LogP contribution in [0, 0.1) is 26.6 Å². The topological polar surface area (TPSA) is 3.88 Å². The Morgan fingerprint density at radius 3 is 2.46 bits per heavy atom. The van der Waals surface area contributed by atoms with E-state index in [4.69, 9.17) is 6.85 Å². The van der Waals surface area contributed by atoms with Crippen molar-refractivity contribution < 1.29 is 11.4 Å². The van der Waals surface area contributed by atoms with Gasteiger partial charge in [0.15, 0.2) is 6.20 Å². The van der Waals surface area contributed by atoms with Crippen molar-refractivity contribution in [2.75, 3.05) is 0 Å². The van der Waals surface area contributed by atoms with Gasteiger partial charge in [-0.1, -0.05) is 50.2 Å². The normalized spacial score (nSPS) is 15.1. The molecule has 0 unspecified atom stereocenters. The van der Waals surface area contributed by atoms with Crippen LogP contribution in [0.5, 0.6) is 0 Å². The van der Waals surface area contributed by atoms with Gasteiger partial charge in [0.25, 0.3) is 0 Å². The average Bonchev–Trinajstić information content (AvgIpc) is 2.69. The zero-order chi connectivity index (χ0) is 23.1. The summed E-state index contributed by atoms with van der Waals surface area (Å²) < 4.78 is 42.7. The van der Waals surface area contributed by atoms with Crippen molar-refractivity contribution in [3.8, 4) is 22.4 Å². The fourth-order valence-electron chi connectivity index (χ4n) is 3.28. The van der Waals surface area contributed by atoms with Crippen LogP contribution in [-0.4, -0.2) is 0 Å². The van der Waals surface area contributed by atoms with Gasteiger partial charge in [-0.05, 0) is 66.9 Å². The van der Waals surface area contributed by atoms with Crippen molar-refractivity contribution in [3.63, 3.8) is 0 Å². The molecule has 0 atom stereocenters. The van der Waals surface area contributed by atoms with Crippen molar-refractivity contribution in [1.82, 2.24) is 0 Å². The standard InChI is InChI=1S/C25H30N/c1-17(2)13-22-16-26(6)25(14-20(22)5)24-15-21(12-11-19(24)4)23-10-8-7-9-18(23)3/h7-12,14-17H,13H2,1-6H3/q+1/i3D3,13D2. The van der Waals surface area contributed by atoms with Gasteiger partial charge in [0.2, 0.25) is 5.69 Å². The van der Waals surface area contributed by atoms with Gasteiger partial charge in [-0.25, -0.2) is 4.57 Å². The molecular formula is C25H30N+. The van der Waals surface area contributed by atoms with Gasteiger partial charge >= 0.3 is 0 Å². The maximum Gasteiger partial charge on any atom is 0.212 e. The molecule has 0 N–H and O–H groups in total. The summed E-state index contributed by atoms with van der Waals surface area (Å²) in [5.41, 5.74) is 6.53. The third kappa shape index (κ3) is 3.72. The largest absolute Gasteiger partial charge is 0.212 e. The molecule has 3 aromatic rings. The smallest absolute Gasteiger partial charge is 0.201 e. The molecule has 134 valence electrons. The molecule has 2 aromatic carbocycles. The summed E-state index contributed by atoms with van der Waals surface area (Å²) >= 11 is 0. The Morgan fingerprint density at radius 1 is 0.962 bits per heavy atom. The molecule has 1 nitrogen and oxygen atoms in total. The van der Waals surface area contributed by atoms with Crippen LogP contribution in [0.2, 0.25) is 0 Å². The van der Waals surface area contributed by atoms with Crippen molar-refractivity contribution in [2.24, 2.45) is 13.0 Å². The molecule has 0 aliphatic carbocycles. The summed E-state index contributed by atoms with van der Waals surface area (Å²) in [6, 6.07) is 15.2. The van der Waals surface area contributed by atoms with Gasteiger partial charge in [-0.15, -0.1) is 0 Å². The fourth-order valence-corrected chi connectivity index (χ4v) is 3.28. The second-order valence-corrected chi connectivity index (χ2v) is 7.24. The van der Waals surface area contributed by atoms with E-state index in [1.165, 1.54) is 0 Å². The van der Waals surface area contributed by atoms with E-state index in [0.29, 0.717) is 16.7 Å². The molecule has 0 saturated heterocycles. The van der Waals surface area contributed by atoms with Crippen LogP contribution in [-0.2, 0) is 13.4 Å². The van der Waals surface area contributed by atoms with E-state index in [2.05, 4.69) is 0 Å². The van der Waals surface area contributed by atoms with E-state index < -0.39 is 13.2 Å². The van der Waals surface area contributed by atoms with Crippen LogP contribution < -0.4 is 4.57 Å². The summed E-state index contributed by atoms with van der Waals surface area (Å²) in [7, 11) is 1.93. The van der Waals surface area contributed by atoms with E-state index in [1.54, 1.807) is 12.1 Å². The Balaban J connectivity index is 2.18. The van der Waals surface area contributed by atoms with Crippen LogP contribution in [0.25, 0.3) is 22.4 Å². The number of nitrogens with zero attached hydrogens (tertiary/aromatic N) is 1. The van der Waals surface area contributed by atoms with Crippen LogP contribution in [0.3, 0.4) is 0 Å². The van der Waals surface area contributed by atoms with Crippen LogP contribution in [0.1, 0.15) is 43.0 Å². The molecule has 0 spiro atoms. The molecule has 1 aromatic heterocycles. The van der Waals surface area contributed by atoms with Gasteiger partial charge < -0.3 is 0 Å². The number of hydrogen-bond acceptors (Lipinski definition) is 0. The Bertz CT molecular complexity index is 1110. The Kier molecular flexibility index (Phi) is 3.69. The maximum atomic E-state index is 8.51. The van der Waals surface area contributed by atoms with Crippen molar-refractivity contribution in [2.45, 2.75) is 40.9 Å². The molecule has 0 radical (unpaired) electrons. The molecule has 26 heavy (non-hydrogen) atoms. The number of rotatable bonds is 4. The molecule has 3 rings (SSSR count). The van der Waals surface area contributed by atoms with Crippen molar-refractivity contribution in [1.29, 1.82) is 0 Å². The average molecular weight is 350 g/mol. The van der Waals surface area contributed by atoms with E-state index in [-0.39, 0.29) is 5.92 Å². The highest BCUT2D eigenvalue weighted by Crippen LogP contribution is 2.30. The first-order chi connectivity index (χ1) is 14.3. The van der Waals surface area contributed by atoms with Gasteiger partial charge in [0.1, 0.15) is 7.05 Å². The van der Waals surface area contributed by atoms with E-state index in [0.717, 1.165) is 27.9 Å². The first kappa shape index (κ1) is 12.9. The van der Waals surface area contributed by atoms with E-state index in [9.17, 15) is 0 Å². The first-order valence-electron chi connectivity index (χ1n) is 11.6. The predicted molar refractivity (Wildman–Crippen MR) is 111 cm³/mol. The number of pyridine rings is 1. The molecule has 0 saturated carbocycles. The van der Waals surface area contributed by atoms with Gasteiger partial charge in [-0.2, -0.15) is 0 Å². The number of hydrogen-bond donors (Lipinski definition) is 0. The monoisotopic (exact) mass is 349 g/mol. The lowest BCUT2D eigenvalue weighted by atomic mass is 9.93. The van der Waals surface area contributed by atoms with E-state index >= 15 is 0 Å². The summed E-state index contributed by atoms with van der Waals surface area (Å²) in [4.78, 5) is 0. The highest BCUT2D eigenvalue weighted by atomic mass is 14.9. The number of benzene rings is 2. The minimum Gasteiger partial charge on any atom is -0.201 e. The molecule has 0 aliphatic rings. The van der Waals surface area contributed by atoms with E-state index in [1.807, 2.05) is 81.9 Å². The highest BCUT2D eigenvalue weighted by Gasteiger charge is 2.17. The molecule has 0 bridgehead atoms. The zero-order valence-electron chi connectivity index (χ0n) is 21.2.